The lowest BCUT2D eigenvalue weighted by atomic mass is 10.2. The number of piperazine rings is 1. The van der Waals surface area contributed by atoms with Crippen LogP contribution >= 0.6 is 11.3 Å². The van der Waals surface area contributed by atoms with Crippen LogP contribution in [-0.2, 0) is 19.6 Å². The highest BCUT2D eigenvalue weighted by Crippen LogP contribution is 2.29. The van der Waals surface area contributed by atoms with Gasteiger partial charge in [0.2, 0.25) is 15.9 Å². The van der Waals surface area contributed by atoms with E-state index in [1.165, 1.54) is 51.7 Å². The maximum atomic E-state index is 13.0. The molecule has 1 aliphatic rings. The number of sulfonamides is 1. The fraction of sp³-hybridized carbons (Fsp3) is 0.304. The molecule has 11 nitrogen and oxygen atoms in total. The van der Waals surface area contributed by atoms with Crippen molar-refractivity contribution in [3.8, 4) is 0 Å². The Morgan fingerprint density at radius 2 is 1.72 bits per heavy atom. The molecule has 1 aromatic heterocycles. The maximum Gasteiger partial charge on any atom is 0.409 e. The molecule has 2 heterocycles. The monoisotopic (exact) mass is 531 g/mol. The molecule has 36 heavy (non-hydrogen) atoms. The Morgan fingerprint density at radius 3 is 2.36 bits per heavy atom. The van der Waals surface area contributed by atoms with Crippen LogP contribution in [0.25, 0.3) is 10.2 Å². The normalized spacial score (nSPS) is 14.4. The molecule has 0 unspecified atom stereocenters. The number of carbonyl (C=O) groups is 3. The lowest BCUT2D eigenvalue weighted by Gasteiger charge is -2.33. The quantitative estimate of drug-likeness (QED) is 0.499. The van der Waals surface area contributed by atoms with Gasteiger partial charge in [-0.1, -0.05) is 11.3 Å². The second-order valence-electron chi connectivity index (χ2n) is 7.95. The number of rotatable bonds is 6. The Labute approximate surface area is 212 Å². The van der Waals surface area contributed by atoms with Gasteiger partial charge in [-0.25, -0.2) is 18.2 Å². The minimum absolute atomic E-state index is 0.0640. The van der Waals surface area contributed by atoms with Crippen LogP contribution in [0.4, 0.5) is 15.6 Å². The second kappa shape index (κ2) is 10.6. The largest absolute Gasteiger partial charge is 0.450 e. The van der Waals surface area contributed by atoms with Gasteiger partial charge in [0.05, 0.1) is 21.7 Å². The standard InChI is InChI=1S/C23H25N5O6S2/c1-3-34-23(31)27-10-12-28(13-11-27)36(32,33)18-7-4-16(5-8-18)21(30)26-22-25-19-9-6-17(24-15(2)29)14-20(19)35-22/h4-9,14H,3,10-13H2,1-2H3,(H,24,29)(H,25,26,30). The van der Waals surface area contributed by atoms with Gasteiger partial charge in [0.15, 0.2) is 5.13 Å². The fourth-order valence-corrected chi connectivity index (χ4v) is 6.00. The van der Waals surface area contributed by atoms with Gasteiger partial charge in [-0.3, -0.25) is 14.9 Å². The highest BCUT2D eigenvalue weighted by molar-refractivity contribution is 7.89. The molecule has 4 rings (SSSR count). The van der Waals surface area contributed by atoms with Gasteiger partial charge >= 0.3 is 6.09 Å². The Kier molecular flexibility index (Phi) is 7.52. The van der Waals surface area contributed by atoms with Crippen molar-refractivity contribution in [2.45, 2.75) is 18.7 Å². The number of nitrogens with zero attached hydrogens (tertiary/aromatic N) is 3. The number of aromatic nitrogens is 1. The topological polar surface area (TPSA) is 138 Å². The van der Waals surface area contributed by atoms with E-state index in [0.29, 0.717) is 16.3 Å². The number of carbonyl (C=O) groups excluding carboxylic acids is 3. The van der Waals surface area contributed by atoms with Gasteiger partial charge in [0.25, 0.3) is 5.91 Å². The average Bonchev–Trinajstić information content (AvgIpc) is 3.25. The van der Waals surface area contributed by atoms with Gasteiger partial charge < -0.3 is 15.0 Å². The maximum absolute atomic E-state index is 13.0. The Morgan fingerprint density at radius 1 is 1.03 bits per heavy atom. The summed E-state index contributed by atoms with van der Waals surface area (Å²) in [6, 6.07) is 10.9. The van der Waals surface area contributed by atoms with E-state index in [1.807, 2.05) is 0 Å². The summed E-state index contributed by atoms with van der Waals surface area (Å²) in [6.45, 7) is 4.20. The van der Waals surface area contributed by atoms with E-state index in [4.69, 9.17) is 4.74 Å². The van der Waals surface area contributed by atoms with Crippen molar-refractivity contribution in [1.29, 1.82) is 0 Å². The van der Waals surface area contributed by atoms with E-state index in [1.54, 1.807) is 25.1 Å². The third-order valence-electron chi connectivity index (χ3n) is 5.45. The summed E-state index contributed by atoms with van der Waals surface area (Å²) >= 11 is 1.26. The zero-order chi connectivity index (χ0) is 25.9. The first kappa shape index (κ1) is 25.5. The SMILES string of the molecule is CCOC(=O)N1CCN(S(=O)(=O)c2ccc(C(=O)Nc3nc4ccc(NC(C)=O)cc4s3)cc2)CC1. The van der Waals surface area contributed by atoms with Crippen molar-refractivity contribution >= 4 is 60.3 Å². The van der Waals surface area contributed by atoms with Crippen LogP contribution in [0.15, 0.2) is 47.4 Å². The first-order chi connectivity index (χ1) is 17.2. The van der Waals surface area contributed by atoms with Gasteiger partial charge in [0.1, 0.15) is 0 Å². The van der Waals surface area contributed by atoms with E-state index in [9.17, 15) is 22.8 Å². The predicted molar refractivity (Wildman–Crippen MR) is 136 cm³/mol. The summed E-state index contributed by atoms with van der Waals surface area (Å²) in [5.41, 5.74) is 1.59. The molecule has 1 fully saturated rings. The van der Waals surface area contributed by atoms with Crippen LogP contribution in [0.5, 0.6) is 0 Å². The first-order valence-corrected chi connectivity index (χ1v) is 13.4. The number of fused-ring (bicyclic) bond motifs is 1. The first-order valence-electron chi connectivity index (χ1n) is 11.2. The number of nitrogens with one attached hydrogen (secondary N) is 2. The van der Waals surface area contributed by atoms with Gasteiger partial charge in [0, 0.05) is 44.4 Å². The molecule has 3 aromatic rings. The highest BCUT2D eigenvalue weighted by Gasteiger charge is 2.30. The molecule has 0 bridgehead atoms. The van der Waals surface area contributed by atoms with Crippen molar-refractivity contribution in [3.05, 3.63) is 48.0 Å². The summed E-state index contributed by atoms with van der Waals surface area (Å²) < 4.78 is 33.1. The number of hydrogen-bond donors (Lipinski definition) is 2. The van der Waals surface area contributed by atoms with Gasteiger partial charge in [-0.2, -0.15) is 4.31 Å². The van der Waals surface area contributed by atoms with Crippen LogP contribution < -0.4 is 10.6 Å². The Balaban J connectivity index is 1.40. The van der Waals surface area contributed by atoms with Crippen LogP contribution in [-0.4, -0.2) is 73.3 Å². The van der Waals surface area contributed by atoms with Crippen molar-refractivity contribution in [2.75, 3.05) is 43.4 Å². The third-order valence-corrected chi connectivity index (χ3v) is 8.29. The number of hydrogen-bond acceptors (Lipinski definition) is 8. The number of amides is 3. The molecule has 0 radical (unpaired) electrons. The van der Waals surface area contributed by atoms with E-state index >= 15 is 0 Å². The molecule has 3 amide bonds. The molecular formula is C23H25N5O6S2. The molecule has 1 saturated heterocycles. The van der Waals surface area contributed by atoms with Crippen molar-refractivity contribution < 1.29 is 27.5 Å². The molecular weight excluding hydrogens is 506 g/mol. The van der Waals surface area contributed by atoms with Crippen LogP contribution in [0, 0.1) is 0 Å². The molecule has 1 aliphatic heterocycles. The van der Waals surface area contributed by atoms with Gasteiger partial charge in [-0.15, -0.1) is 0 Å². The fourth-order valence-electron chi connectivity index (χ4n) is 3.68. The lowest BCUT2D eigenvalue weighted by molar-refractivity contribution is -0.114. The highest BCUT2D eigenvalue weighted by atomic mass is 32.2. The minimum atomic E-state index is -3.77. The summed E-state index contributed by atoms with van der Waals surface area (Å²) in [4.78, 5) is 41.7. The molecule has 0 saturated carbocycles. The van der Waals surface area contributed by atoms with E-state index in [-0.39, 0.29) is 49.2 Å². The van der Waals surface area contributed by atoms with Crippen molar-refractivity contribution in [1.82, 2.24) is 14.2 Å². The predicted octanol–water partition coefficient (Wildman–Crippen LogP) is 2.97. The molecule has 13 heteroatoms. The average molecular weight is 532 g/mol. The summed E-state index contributed by atoms with van der Waals surface area (Å²) in [7, 11) is -3.77. The van der Waals surface area contributed by atoms with Crippen molar-refractivity contribution in [2.24, 2.45) is 0 Å². The van der Waals surface area contributed by atoms with E-state index < -0.39 is 22.0 Å². The van der Waals surface area contributed by atoms with Crippen LogP contribution in [0.1, 0.15) is 24.2 Å². The third kappa shape index (κ3) is 5.64. The Hall–Kier alpha value is -3.55. The molecule has 2 N–H and O–H groups in total. The number of thiazole rings is 1. The minimum Gasteiger partial charge on any atom is -0.450 e. The zero-order valence-corrected chi connectivity index (χ0v) is 21.3. The number of anilines is 2. The summed E-state index contributed by atoms with van der Waals surface area (Å²) in [5, 5.41) is 5.81. The molecule has 0 aliphatic carbocycles. The molecule has 0 spiro atoms. The summed E-state index contributed by atoms with van der Waals surface area (Å²) in [6.07, 6.45) is -0.453. The molecule has 2 aromatic carbocycles. The zero-order valence-electron chi connectivity index (χ0n) is 19.7. The van der Waals surface area contributed by atoms with E-state index in [2.05, 4.69) is 15.6 Å². The Bertz CT molecular complexity index is 1400. The van der Waals surface area contributed by atoms with Gasteiger partial charge in [-0.05, 0) is 49.4 Å². The van der Waals surface area contributed by atoms with Crippen LogP contribution in [0.2, 0.25) is 0 Å². The smallest absolute Gasteiger partial charge is 0.409 e. The van der Waals surface area contributed by atoms with E-state index in [0.717, 1.165) is 4.70 Å². The number of benzene rings is 2. The molecule has 190 valence electrons. The second-order valence-corrected chi connectivity index (χ2v) is 10.9. The summed E-state index contributed by atoms with van der Waals surface area (Å²) in [5.74, 6) is -0.611. The molecule has 0 atom stereocenters. The van der Waals surface area contributed by atoms with Crippen LogP contribution in [0.3, 0.4) is 0 Å². The van der Waals surface area contributed by atoms with Crippen molar-refractivity contribution in [3.63, 3.8) is 0 Å². The lowest BCUT2D eigenvalue weighted by Crippen LogP contribution is -2.50. The number of ether oxygens (including phenoxy) is 1.